The molecule has 2 aromatic rings. The van der Waals surface area contributed by atoms with Gasteiger partial charge >= 0.3 is 0 Å². The molecule has 0 amide bonds. The fourth-order valence-electron chi connectivity index (χ4n) is 1.22. The highest BCUT2D eigenvalue weighted by molar-refractivity contribution is 9.08. The van der Waals surface area contributed by atoms with Crippen molar-refractivity contribution in [1.29, 1.82) is 0 Å². The van der Waals surface area contributed by atoms with Crippen LogP contribution in [0.25, 0.3) is 10.6 Å². The van der Waals surface area contributed by atoms with Crippen LogP contribution in [-0.2, 0) is 5.33 Å². The Morgan fingerprint density at radius 3 is 2.67 bits per heavy atom. The van der Waals surface area contributed by atoms with Gasteiger partial charge in [0.1, 0.15) is 5.01 Å². The van der Waals surface area contributed by atoms with Gasteiger partial charge in [0.05, 0.1) is 0 Å². The maximum atomic E-state index is 11.3. The van der Waals surface area contributed by atoms with Crippen molar-refractivity contribution in [1.82, 2.24) is 4.98 Å². The van der Waals surface area contributed by atoms with Crippen LogP contribution in [0.1, 0.15) is 4.88 Å². The molecule has 0 aliphatic rings. The molecule has 2 rings (SSSR count). The SMILES string of the molecule is O=c1cc(CBr)sc(-c2ccccc2)n1. The molecule has 1 heterocycles. The first kappa shape index (κ1) is 10.5. The fraction of sp³-hybridized carbons (Fsp3) is 0.0909. The Hall–Kier alpha value is -1.00. The van der Waals surface area contributed by atoms with Crippen molar-refractivity contribution >= 4 is 27.3 Å². The fourth-order valence-corrected chi connectivity index (χ4v) is 2.57. The third-order valence-corrected chi connectivity index (χ3v) is 3.90. The summed E-state index contributed by atoms with van der Waals surface area (Å²) < 4.78 is 0. The second-order valence-electron chi connectivity index (χ2n) is 2.97. The van der Waals surface area contributed by atoms with E-state index in [0.717, 1.165) is 15.4 Å². The molecule has 0 saturated heterocycles. The summed E-state index contributed by atoms with van der Waals surface area (Å²) in [6.45, 7) is 0. The second kappa shape index (κ2) is 4.68. The van der Waals surface area contributed by atoms with Gasteiger partial charge in [-0.15, -0.1) is 11.3 Å². The van der Waals surface area contributed by atoms with Crippen LogP contribution in [0, 0.1) is 0 Å². The van der Waals surface area contributed by atoms with Gasteiger partial charge in [0.15, 0.2) is 0 Å². The molecule has 0 radical (unpaired) electrons. The molecule has 0 bridgehead atoms. The number of halogens is 1. The Labute approximate surface area is 99.8 Å². The number of aromatic nitrogens is 1. The highest BCUT2D eigenvalue weighted by atomic mass is 79.9. The maximum Gasteiger partial charge on any atom is 0.272 e. The Kier molecular flexibility index (Phi) is 3.28. The van der Waals surface area contributed by atoms with E-state index in [1.807, 2.05) is 30.3 Å². The number of hydrogen-bond donors (Lipinski definition) is 0. The lowest BCUT2D eigenvalue weighted by Crippen LogP contribution is -2.04. The van der Waals surface area contributed by atoms with Crippen LogP contribution in [0.4, 0.5) is 0 Å². The largest absolute Gasteiger partial charge is 0.272 e. The van der Waals surface area contributed by atoms with Crippen LogP contribution in [0.3, 0.4) is 0 Å². The first-order valence-electron chi connectivity index (χ1n) is 4.42. The number of alkyl halides is 1. The van der Waals surface area contributed by atoms with Gasteiger partial charge in [0.25, 0.3) is 5.56 Å². The quantitative estimate of drug-likeness (QED) is 0.792. The standard InChI is InChI=1S/C11H8BrNOS/c12-7-9-6-10(14)13-11(15-9)8-4-2-1-3-5-8/h1-6H,7H2. The minimum Gasteiger partial charge on any atom is -0.267 e. The van der Waals surface area contributed by atoms with Crippen molar-refractivity contribution < 1.29 is 0 Å². The molecule has 0 aliphatic heterocycles. The number of hydrogen-bond acceptors (Lipinski definition) is 3. The average molecular weight is 282 g/mol. The molecule has 0 saturated carbocycles. The predicted molar refractivity (Wildman–Crippen MR) is 66.5 cm³/mol. The predicted octanol–water partition coefficient (Wildman–Crippen LogP) is 3.07. The highest BCUT2D eigenvalue weighted by Gasteiger charge is 2.03. The average Bonchev–Trinajstić information content (AvgIpc) is 2.29. The van der Waals surface area contributed by atoms with Crippen molar-refractivity contribution in [3.05, 3.63) is 51.6 Å². The zero-order valence-electron chi connectivity index (χ0n) is 7.81. The van der Waals surface area contributed by atoms with Crippen LogP contribution in [0.5, 0.6) is 0 Å². The molecule has 4 heteroatoms. The van der Waals surface area contributed by atoms with E-state index in [1.165, 1.54) is 11.3 Å². The summed E-state index contributed by atoms with van der Waals surface area (Å²) >= 11 is 4.87. The van der Waals surface area contributed by atoms with E-state index in [1.54, 1.807) is 6.07 Å². The zero-order chi connectivity index (χ0) is 10.7. The lowest BCUT2D eigenvalue weighted by molar-refractivity contribution is 1.26. The smallest absolute Gasteiger partial charge is 0.267 e. The highest BCUT2D eigenvalue weighted by Crippen LogP contribution is 2.22. The molecule has 76 valence electrons. The van der Waals surface area contributed by atoms with Gasteiger partial charge in [0, 0.05) is 21.8 Å². The molecule has 0 unspecified atom stereocenters. The van der Waals surface area contributed by atoms with Crippen molar-refractivity contribution in [3.63, 3.8) is 0 Å². The van der Waals surface area contributed by atoms with E-state index in [-0.39, 0.29) is 5.56 Å². The third kappa shape index (κ3) is 2.52. The molecule has 15 heavy (non-hydrogen) atoms. The van der Waals surface area contributed by atoms with Gasteiger partial charge in [-0.3, -0.25) is 4.79 Å². The second-order valence-corrected chi connectivity index (χ2v) is 4.64. The van der Waals surface area contributed by atoms with Gasteiger partial charge in [-0.05, 0) is 0 Å². The van der Waals surface area contributed by atoms with Gasteiger partial charge in [-0.1, -0.05) is 46.3 Å². The minimum absolute atomic E-state index is 0.179. The number of rotatable bonds is 2. The molecule has 0 spiro atoms. The molecule has 0 fully saturated rings. The summed E-state index contributed by atoms with van der Waals surface area (Å²) in [4.78, 5) is 16.3. The Bertz CT molecular complexity index is 509. The summed E-state index contributed by atoms with van der Waals surface area (Å²) in [6.07, 6.45) is 0. The summed E-state index contributed by atoms with van der Waals surface area (Å²) in [5.74, 6) is 0. The number of nitrogens with zero attached hydrogens (tertiary/aromatic N) is 1. The summed E-state index contributed by atoms with van der Waals surface area (Å²) in [5, 5.41) is 1.47. The zero-order valence-corrected chi connectivity index (χ0v) is 10.2. The lowest BCUT2D eigenvalue weighted by atomic mass is 10.2. The van der Waals surface area contributed by atoms with Crippen LogP contribution in [-0.4, -0.2) is 4.98 Å². The Morgan fingerprint density at radius 1 is 1.27 bits per heavy atom. The Morgan fingerprint density at radius 2 is 2.00 bits per heavy atom. The van der Waals surface area contributed by atoms with E-state index in [4.69, 9.17) is 0 Å². The van der Waals surface area contributed by atoms with Crippen molar-refractivity contribution in [2.45, 2.75) is 5.33 Å². The van der Waals surface area contributed by atoms with Crippen LogP contribution in [0.15, 0.2) is 41.2 Å². The Balaban J connectivity index is 2.54. The van der Waals surface area contributed by atoms with Crippen LogP contribution >= 0.6 is 27.3 Å². The topological polar surface area (TPSA) is 30.0 Å². The van der Waals surface area contributed by atoms with Gasteiger partial charge in [-0.2, -0.15) is 4.98 Å². The molecule has 0 aliphatic carbocycles. The summed E-state index contributed by atoms with van der Waals surface area (Å²) in [5.41, 5.74) is 0.810. The first-order valence-corrected chi connectivity index (χ1v) is 6.36. The van der Waals surface area contributed by atoms with E-state index < -0.39 is 0 Å². The molecule has 0 N–H and O–H groups in total. The minimum atomic E-state index is -0.179. The van der Waals surface area contributed by atoms with E-state index in [2.05, 4.69) is 20.9 Å². The van der Waals surface area contributed by atoms with Gasteiger partial charge in [-0.25, -0.2) is 0 Å². The molecular weight excluding hydrogens is 274 g/mol. The molecule has 0 atom stereocenters. The summed E-state index contributed by atoms with van der Waals surface area (Å²) in [7, 11) is 0. The van der Waals surface area contributed by atoms with Crippen molar-refractivity contribution in [2.24, 2.45) is 0 Å². The molecule has 1 aromatic carbocycles. The summed E-state index contributed by atoms with van der Waals surface area (Å²) in [6, 6.07) is 11.3. The molecular formula is C11H8BrNOS. The van der Waals surface area contributed by atoms with E-state index >= 15 is 0 Å². The monoisotopic (exact) mass is 281 g/mol. The van der Waals surface area contributed by atoms with Crippen molar-refractivity contribution in [3.8, 4) is 10.6 Å². The lowest BCUT2D eigenvalue weighted by Gasteiger charge is -2.00. The molecule has 2 nitrogen and oxygen atoms in total. The third-order valence-electron chi connectivity index (χ3n) is 1.88. The van der Waals surface area contributed by atoms with E-state index in [0.29, 0.717) is 5.33 Å². The van der Waals surface area contributed by atoms with Gasteiger partial charge in [0.2, 0.25) is 0 Å². The maximum absolute atomic E-state index is 11.3. The van der Waals surface area contributed by atoms with Crippen molar-refractivity contribution in [2.75, 3.05) is 0 Å². The van der Waals surface area contributed by atoms with Crippen LogP contribution in [0.2, 0.25) is 0 Å². The number of benzene rings is 1. The first-order chi connectivity index (χ1) is 7.29. The van der Waals surface area contributed by atoms with Crippen LogP contribution < -0.4 is 5.56 Å². The van der Waals surface area contributed by atoms with Gasteiger partial charge < -0.3 is 0 Å². The normalized spacial score (nSPS) is 10.2. The van der Waals surface area contributed by atoms with E-state index in [9.17, 15) is 4.79 Å². The molecule has 1 aromatic heterocycles.